The third kappa shape index (κ3) is 6.33. The summed E-state index contributed by atoms with van der Waals surface area (Å²) in [5.74, 6) is 0.487. The number of benzene rings is 1. The monoisotopic (exact) mass is 414 g/mol. The van der Waals surface area contributed by atoms with Gasteiger partial charge in [0.1, 0.15) is 0 Å². The van der Waals surface area contributed by atoms with E-state index in [0.717, 1.165) is 5.56 Å². The quantitative estimate of drug-likeness (QED) is 0.364. The van der Waals surface area contributed by atoms with Crippen molar-refractivity contribution < 1.29 is 8.63 Å². The Morgan fingerprint density at radius 3 is 2.23 bits per heavy atom. The molecule has 1 aromatic rings. The van der Waals surface area contributed by atoms with Crippen molar-refractivity contribution in [2.75, 3.05) is 5.75 Å². The zero-order valence-corrected chi connectivity index (χ0v) is 20.1. The van der Waals surface area contributed by atoms with Crippen LogP contribution >= 0.6 is 11.6 Å². The molecule has 0 fully saturated rings. The van der Waals surface area contributed by atoms with Gasteiger partial charge in [-0.3, -0.25) is 4.21 Å². The van der Waals surface area contributed by atoms with Gasteiger partial charge in [0.2, 0.25) is 0 Å². The molecule has 0 bridgehead atoms. The molecule has 0 aliphatic rings. The van der Waals surface area contributed by atoms with Crippen molar-refractivity contribution >= 4 is 30.7 Å². The second-order valence-corrected chi connectivity index (χ2v) is 16.8. The number of rotatable bonds is 7. The van der Waals surface area contributed by atoms with E-state index in [1.807, 2.05) is 51.1 Å². The van der Waals surface area contributed by atoms with Gasteiger partial charge in [-0.1, -0.05) is 50.6 Å². The van der Waals surface area contributed by atoms with E-state index in [2.05, 4.69) is 40.4 Å². The lowest BCUT2D eigenvalue weighted by molar-refractivity contribution is 0.149. The summed E-state index contributed by atoms with van der Waals surface area (Å²) < 4.78 is 19.3. The Bertz CT molecular complexity index is 644. The summed E-state index contributed by atoms with van der Waals surface area (Å²) in [4.78, 5) is 0. The van der Waals surface area contributed by atoms with E-state index in [0.29, 0.717) is 10.8 Å². The Morgan fingerprint density at radius 1 is 1.23 bits per heavy atom. The molecule has 1 aromatic carbocycles. The molecule has 1 unspecified atom stereocenters. The zero-order valence-electron chi connectivity index (χ0n) is 17.6. The van der Waals surface area contributed by atoms with Crippen molar-refractivity contribution in [3.05, 3.63) is 47.5 Å². The fraction of sp³-hybridized carbons (Fsp3) is 0.619. The first-order valence-electron chi connectivity index (χ1n) is 9.13. The predicted molar refractivity (Wildman–Crippen MR) is 119 cm³/mol. The second kappa shape index (κ2) is 8.72. The summed E-state index contributed by atoms with van der Waals surface area (Å²) >= 11 is 6.25. The third-order valence-electron chi connectivity index (χ3n) is 5.12. The van der Waals surface area contributed by atoms with Gasteiger partial charge in [-0.25, -0.2) is 0 Å². The van der Waals surface area contributed by atoms with Crippen molar-refractivity contribution in [1.82, 2.24) is 0 Å². The van der Waals surface area contributed by atoms with Crippen molar-refractivity contribution in [2.45, 2.75) is 70.5 Å². The van der Waals surface area contributed by atoms with Crippen LogP contribution in [0.2, 0.25) is 23.2 Å². The smallest absolute Gasteiger partial charge is 0.192 e. The molecule has 0 amide bonds. The minimum atomic E-state index is -2.03. The summed E-state index contributed by atoms with van der Waals surface area (Å²) in [6, 6.07) is 7.81. The highest BCUT2D eigenvalue weighted by molar-refractivity contribution is 7.86. The highest BCUT2D eigenvalue weighted by Gasteiger charge is 2.41. The zero-order chi connectivity index (χ0) is 20.3. The molecule has 0 saturated carbocycles. The predicted octanol–water partition coefficient (Wildman–Crippen LogP) is 6.75. The fourth-order valence-electron chi connectivity index (χ4n) is 2.28. The lowest BCUT2D eigenvalue weighted by Crippen LogP contribution is -2.43. The minimum Gasteiger partial charge on any atom is -0.409 e. The standard InChI is InChI=1S/C21H35ClO2SSi/c1-10-16(15-25(23)20(2,3)4)19(17-12-11-13-18(22)14-17)24-26(8,9)21(5,6)7/h10-14,16,19H,1,15H2,2-9H3/t16-,19+,25?/m1/s1. The van der Waals surface area contributed by atoms with Crippen molar-refractivity contribution in [2.24, 2.45) is 5.92 Å². The molecule has 26 heavy (non-hydrogen) atoms. The van der Waals surface area contributed by atoms with E-state index in [9.17, 15) is 4.21 Å². The van der Waals surface area contributed by atoms with Gasteiger partial charge < -0.3 is 4.43 Å². The molecular formula is C21H35ClO2SSi. The lowest BCUT2D eigenvalue weighted by Gasteiger charge is -2.41. The van der Waals surface area contributed by atoms with E-state index in [1.54, 1.807) is 0 Å². The van der Waals surface area contributed by atoms with Gasteiger partial charge in [0, 0.05) is 32.2 Å². The van der Waals surface area contributed by atoms with E-state index >= 15 is 0 Å². The normalized spacial score (nSPS) is 16.8. The van der Waals surface area contributed by atoms with Crippen LogP contribution in [0.4, 0.5) is 0 Å². The molecule has 0 saturated heterocycles. The molecular weight excluding hydrogens is 380 g/mol. The summed E-state index contributed by atoms with van der Waals surface area (Å²) in [5, 5.41) is 0.768. The molecule has 148 valence electrons. The largest absolute Gasteiger partial charge is 0.409 e. The molecule has 2 nitrogen and oxygen atoms in total. The maximum Gasteiger partial charge on any atom is 0.192 e. The Morgan fingerprint density at radius 2 is 1.81 bits per heavy atom. The van der Waals surface area contributed by atoms with Gasteiger partial charge in [-0.2, -0.15) is 0 Å². The van der Waals surface area contributed by atoms with E-state index in [4.69, 9.17) is 16.0 Å². The second-order valence-electron chi connectivity index (χ2n) is 9.38. The molecule has 5 heteroatoms. The summed E-state index contributed by atoms with van der Waals surface area (Å²) in [7, 11) is -3.02. The van der Waals surface area contributed by atoms with E-state index < -0.39 is 19.1 Å². The van der Waals surface area contributed by atoms with Crippen LogP contribution in [0, 0.1) is 5.92 Å². The number of halogens is 1. The van der Waals surface area contributed by atoms with Crippen LogP contribution in [0.3, 0.4) is 0 Å². The van der Waals surface area contributed by atoms with Crippen molar-refractivity contribution in [1.29, 1.82) is 0 Å². The Labute approximate surface area is 169 Å². The molecule has 0 N–H and O–H groups in total. The van der Waals surface area contributed by atoms with Crippen LogP contribution in [0.1, 0.15) is 53.2 Å². The highest BCUT2D eigenvalue weighted by atomic mass is 35.5. The fourth-order valence-corrected chi connectivity index (χ4v) is 4.94. The van der Waals surface area contributed by atoms with Crippen LogP contribution in [-0.4, -0.2) is 23.0 Å². The van der Waals surface area contributed by atoms with E-state index in [-0.39, 0.29) is 21.8 Å². The van der Waals surface area contributed by atoms with Gasteiger partial charge in [0.15, 0.2) is 8.32 Å². The third-order valence-corrected chi connectivity index (χ3v) is 11.9. The summed E-state index contributed by atoms with van der Waals surface area (Å²) in [6.45, 7) is 21.2. The van der Waals surface area contributed by atoms with Crippen molar-refractivity contribution in [3.8, 4) is 0 Å². The number of hydrogen-bond acceptors (Lipinski definition) is 2. The first-order chi connectivity index (χ1) is 11.7. The summed E-state index contributed by atoms with van der Waals surface area (Å²) in [5.41, 5.74) is 1.03. The average molecular weight is 415 g/mol. The lowest BCUT2D eigenvalue weighted by atomic mass is 9.97. The topological polar surface area (TPSA) is 26.3 Å². The molecule has 0 radical (unpaired) electrons. The summed E-state index contributed by atoms with van der Waals surface area (Å²) in [6.07, 6.45) is 1.70. The van der Waals surface area contributed by atoms with Crippen LogP contribution in [0.15, 0.2) is 36.9 Å². The number of hydrogen-bond donors (Lipinski definition) is 0. The first kappa shape index (κ1) is 23.6. The first-order valence-corrected chi connectivity index (χ1v) is 13.7. The van der Waals surface area contributed by atoms with Gasteiger partial charge >= 0.3 is 0 Å². The SMILES string of the molecule is C=C[C@H](CS(=O)C(C)(C)C)[C@H](O[Si](C)(C)C(C)(C)C)c1cccc(Cl)c1. The average Bonchev–Trinajstić information content (AvgIpc) is 2.48. The Hall–Kier alpha value is -0.423. The molecule has 0 aromatic heterocycles. The maximum absolute atomic E-state index is 12.8. The molecule has 3 atom stereocenters. The van der Waals surface area contributed by atoms with Gasteiger partial charge in [-0.15, -0.1) is 6.58 Å². The minimum absolute atomic E-state index is 0.0392. The van der Waals surface area contributed by atoms with Gasteiger partial charge in [-0.05, 0) is 56.6 Å². The van der Waals surface area contributed by atoms with E-state index in [1.165, 1.54) is 0 Å². The molecule has 0 heterocycles. The molecule has 0 aliphatic heterocycles. The van der Waals surface area contributed by atoms with Gasteiger partial charge in [0.25, 0.3) is 0 Å². The Kier molecular flexibility index (Phi) is 7.92. The molecule has 0 spiro atoms. The van der Waals surface area contributed by atoms with Crippen LogP contribution in [-0.2, 0) is 15.2 Å². The highest BCUT2D eigenvalue weighted by Crippen LogP contribution is 2.42. The van der Waals surface area contributed by atoms with Crippen molar-refractivity contribution in [3.63, 3.8) is 0 Å². The van der Waals surface area contributed by atoms with Crippen LogP contribution < -0.4 is 0 Å². The molecule has 0 aliphatic carbocycles. The Balaban J connectivity index is 3.30. The van der Waals surface area contributed by atoms with Gasteiger partial charge in [0.05, 0.1) is 6.10 Å². The maximum atomic E-state index is 12.8. The van der Waals surface area contributed by atoms with Crippen LogP contribution in [0.5, 0.6) is 0 Å². The molecule has 1 rings (SSSR count). The van der Waals surface area contributed by atoms with Crippen LogP contribution in [0.25, 0.3) is 0 Å².